The topological polar surface area (TPSA) is 37.4 Å². The van der Waals surface area contributed by atoms with Crippen molar-refractivity contribution in [1.82, 2.24) is 4.31 Å². The number of nitrogens with zero attached hydrogens (tertiary/aromatic N) is 1. The van der Waals surface area contributed by atoms with Gasteiger partial charge in [-0.2, -0.15) is 4.31 Å². The van der Waals surface area contributed by atoms with Crippen LogP contribution in [0.4, 0.5) is 0 Å². The summed E-state index contributed by atoms with van der Waals surface area (Å²) in [7, 11) is -3.05. The molecule has 1 aromatic rings. The van der Waals surface area contributed by atoms with Crippen LogP contribution in [0, 0.1) is 0 Å². The lowest BCUT2D eigenvalue weighted by Gasteiger charge is -2.21. The molecule has 1 aliphatic heterocycles. The molecule has 0 amide bonds. The van der Waals surface area contributed by atoms with E-state index in [9.17, 15) is 8.42 Å². The van der Waals surface area contributed by atoms with Crippen LogP contribution < -0.4 is 0 Å². The Hall–Kier alpha value is -1.13. The Morgan fingerprint density at radius 3 is 2.68 bits per heavy atom. The van der Waals surface area contributed by atoms with E-state index in [2.05, 4.69) is 6.92 Å². The maximum Gasteiger partial charge on any atom is 0.214 e. The van der Waals surface area contributed by atoms with E-state index in [-0.39, 0.29) is 6.04 Å². The van der Waals surface area contributed by atoms with Gasteiger partial charge in [-0.1, -0.05) is 75.1 Å². The van der Waals surface area contributed by atoms with Crippen LogP contribution >= 0.6 is 0 Å². The standard InChI is InChI=1S/C18H27NO2S/c1-2-3-4-8-13-18-14-16-22(20,21)19(18)15-9-12-17-10-6-5-7-11-17/h5-7,9-12,18H,2-4,8,13-16H2,1H3. The van der Waals surface area contributed by atoms with Crippen LogP contribution in [0.3, 0.4) is 0 Å². The summed E-state index contributed by atoms with van der Waals surface area (Å²) >= 11 is 0. The van der Waals surface area contributed by atoms with E-state index in [0.717, 1.165) is 24.8 Å². The van der Waals surface area contributed by atoms with Gasteiger partial charge in [-0.15, -0.1) is 0 Å². The van der Waals surface area contributed by atoms with E-state index in [1.807, 2.05) is 42.5 Å². The monoisotopic (exact) mass is 321 g/mol. The molecule has 0 aromatic heterocycles. The Morgan fingerprint density at radius 2 is 1.95 bits per heavy atom. The molecule has 1 unspecified atom stereocenters. The van der Waals surface area contributed by atoms with Crippen LogP contribution in [0.1, 0.15) is 51.0 Å². The summed E-state index contributed by atoms with van der Waals surface area (Å²) in [5.41, 5.74) is 1.11. The predicted octanol–water partition coefficient (Wildman–Crippen LogP) is 4.07. The molecule has 1 aromatic carbocycles. The van der Waals surface area contributed by atoms with Gasteiger partial charge in [0.15, 0.2) is 0 Å². The fraction of sp³-hybridized carbons (Fsp3) is 0.556. The number of unbranched alkanes of at least 4 members (excludes halogenated alkanes) is 3. The highest BCUT2D eigenvalue weighted by Crippen LogP contribution is 2.25. The van der Waals surface area contributed by atoms with Gasteiger partial charge in [-0.3, -0.25) is 0 Å². The second kappa shape index (κ2) is 8.49. The van der Waals surface area contributed by atoms with Crippen molar-refractivity contribution >= 4 is 16.1 Å². The molecule has 1 aliphatic rings. The van der Waals surface area contributed by atoms with Crippen LogP contribution in [0.15, 0.2) is 36.4 Å². The summed E-state index contributed by atoms with van der Waals surface area (Å²) in [6.07, 6.45) is 10.6. The smallest absolute Gasteiger partial charge is 0.212 e. The predicted molar refractivity (Wildman–Crippen MR) is 93.1 cm³/mol. The largest absolute Gasteiger partial charge is 0.214 e. The van der Waals surface area contributed by atoms with E-state index < -0.39 is 10.0 Å². The molecule has 0 saturated carbocycles. The van der Waals surface area contributed by atoms with Gasteiger partial charge in [0.05, 0.1) is 5.75 Å². The Bertz CT molecular complexity index is 566. The molecule has 1 atom stereocenters. The zero-order chi connectivity index (χ0) is 15.8. The summed E-state index contributed by atoms with van der Waals surface area (Å²) in [5.74, 6) is 0.310. The first kappa shape index (κ1) is 17.2. The summed E-state index contributed by atoms with van der Waals surface area (Å²) in [5, 5.41) is 0. The minimum absolute atomic E-state index is 0.197. The quantitative estimate of drug-likeness (QED) is 0.677. The highest BCUT2D eigenvalue weighted by molar-refractivity contribution is 7.89. The van der Waals surface area contributed by atoms with Crippen LogP contribution in [0.25, 0.3) is 6.08 Å². The average molecular weight is 321 g/mol. The third-order valence-corrected chi connectivity index (χ3v) is 6.17. The van der Waals surface area contributed by atoms with E-state index in [4.69, 9.17) is 0 Å². The van der Waals surface area contributed by atoms with Crippen molar-refractivity contribution in [2.45, 2.75) is 51.5 Å². The van der Waals surface area contributed by atoms with Crippen LogP contribution in [0.5, 0.6) is 0 Å². The molecule has 0 bridgehead atoms. The maximum atomic E-state index is 12.2. The van der Waals surface area contributed by atoms with Crippen LogP contribution in [-0.4, -0.2) is 31.1 Å². The van der Waals surface area contributed by atoms with E-state index in [0.29, 0.717) is 12.3 Å². The fourth-order valence-corrected chi connectivity index (χ4v) is 4.77. The minimum Gasteiger partial charge on any atom is -0.212 e. The van der Waals surface area contributed by atoms with Crippen molar-refractivity contribution in [3.05, 3.63) is 42.0 Å². The molecule has 4 heteroatoms. The van der Waals surface area contributed by atoms with Crippen molar-refractivity contribution < 1.29 is 8.42 Å². The van der Waals surface area contributed by atoms with E-state index in [1.54, 1.807) is 4.31 Å². The number of sulfonamides is 1. The van der Waals surface area contributed by atoms with Crippen LogP contribution in [0.2, 0.25) is 0 Å². The summed E-state index contributed by atoms with van der Waals surface area (Å²) in [6, 6.07) is 10.2. The minimum atomic E-state index is -3.05. The first-order chi connectivity index (χ1) is 10.6. The molecule has 1 fully saturated rings. The average Bonchev–Trinajstić information content (AvgIpc) is 2.80. The number of hydrogen-bond acceptors (Lipinski definition) is 2. The normalized spacial score (nSPS) is 21.6. The van der Waals surface area contributed by atoms with Gasteiger partial charge in [0.2, 0.25) is 10.0 Å². The van der Waals surface area contributed by atoms with Crippen molar-refractivity contribution in [2.75, 3.05) is 12.3 Å². The number of rotatable bonds is 8. The Balaban J connectivity index is 1.91. The van der Waals surface area contributed by atoms with Crippen molar-refractivity contribution in [3.8, 4) is 0 Å². The molecule has 1 saturated heterocycles. The molecule has 122 valence electrons. The van der Waals surface area contributed by atoms with E-state index in [1.165, 1.54) is 19.3 Å². The third kappa shape index (κ3) is 4.96. The zero-order valence-corrected chi connectivity index (χ0v) is 14.3. The Morgan fingerprint density at radius 1 is 1.18 bits per heavy atom. The molecule has 1 heterocycles. The Kier molecular flexibility index (Phi) is 6.65. The lowest BCUT2D eigenvalue weighted by atomic mass is 10.1. The van der Waals surface area contributed by atoms with E-state index >= 15 is 0 Å². The SMILES string of the molecule is CCCCCCC1CCS(=O)(=O)N1CC=Cc1ccccc1. The second-order valence-corrected chi connectivity index (χ2v) is 8.03. The second-order valence-electron chi connectivity index (χ2n) is 5.99. The molecule has 2 rings (SSSR count). The van der Waals surface area contributed by atoms with Crippen molar-refractivity contribution in [2.24, 2.45) is 0 Å². The molecule has 0 radical (unpaired) electrons. The zero-order valence-electron chi connectivity index (χ0n) is 13.4. The number of benzene rings is 1. The highest BCUT2D eigenvalue weighted by atomic mass is 32.2. The number of hydrogen-bond donors (Lipinski definition) is 0. The lowest BCUT2D eigenvalue weighted by Crippen LogP contribution is -2.33. The molecule has 0 aliphatic carbocycles. The van der Waals surface area contributed by atoms with Crippen molar-refractivity contribution in [3.63, 3.8) is 0 Å². The summed E-state index contributed by atoms with van der Waals surface area (Å²) in [6.45, 7) is 2.69. The summed E-state index contributed by atoms with van der Waals surface area (Å²) < 4.78 is 26.1. The highest BCUT2D eigenvalue weighted by Gasteiger charge is 2.35. The van der Waals surface area contributed by atoms with Crippen molar-refractivity contribution in [1.29, 1.82) is 0 Å². The van der Waals surface area contributed by atoms with Gasteiger partial charge < -0.3 is 0 Å². The third-order valence-electron chi connectivity index (χ3n) is 4.26. The summed E-state index contributed by atoms with van der Waals surface area (Å²) in [4.78, 5) is 0. The first-order valence-electron chi connectivity index (χ1n) is 8.34. The lowest BCUT2D eigenvalue weighted by molar-refractivity contribution is 0.341. The van der Waals surface area contributed by atoms with Gasteiger partial charge in [-0.05, 0) is 18.4 Å². The maximum absolute atomic E-state index is 12.2. The fourth-order valence-electron chi connectivity index (χ4n) is 2.99. The van der Waals surface area contributed by atoms with Gasteiger partial charge in [0, 0.05) is 12.6 Å². The molecular formula is C18H27NO2S. The van der Waals surface area contributed by atoms with Gasteiger partial charge >= 0.3 is 0 Å². The first-order valence-corrected chi connectivity index (χ1v) is 9.95. The van der Waals surface area contributed by atoms with Crippen LogP contribution in [-0.2, 0) is 10.0 Å². The molecule has 3 nitrogen and oxygen atoms in total. The Labute approximate surface area is 135 Å². The van der Waals surface area contributed by atoms with Gasteiger partial charge in [0.1, 0.15) is 0 Å². The molecule has 0 N–H and O–H groups in total. The molecule has 0 spiro atoms. The molecule has 22 heavy (non-hydrogen) atoms. The van der Waals surface area contributed by atoms with Gasteiger partial charge in [-0.25, -0.2) is 8.42 Å². The van der Waals surface area contributed by atoms with Gasteiger partial charge in [0.25, 0.3) is 0 Å². The molecular weight excluding hydrogens is 294 g/mol.